The molecule has 0 aliphatic heterocycles. The fourth-order valence-electron chi connectivity index (χ4n) is 1.66. The number of nitrogens with zero attached hydrogens (tertiary/aromatic N) is 2. The lowest BCUT2D eigenvalue weighted by Crippen LogP contribution is -2.21. The zero-order valence-corrected chi connectivity index (χ0v) is 14.8. The number of aryl methyl sites for hydroxylation is 1. The normalized spacial score (nSPS) is 10.3. The molecule has 1 aromatic rings. The molecular weight excluding hydrogens is 290 g/mol. The molecule has 21 heavy (non-hydrogen) atoms. The topological polar surface area (TPSA) is 56.3 Å². The maximum absolute atomic E-state index is 5.85. The summed E-state index contributed by atoms with van der Waals surface area (Å²) in [4.78, 5) is 8.28. The quantitative estimate of drug-likeness (QED) is 0.580. The highest BCUT2D eigenvalue weighted by molar-refractivity contribution is 6.28. The van der Waals surface area contributed by atoms with E-state index in [0.29, 0.717) is 19.8 Å². The first kappa shape index (κ1) is 20.1. The van der Waals surface area contributed by atoms with Gasteiger partial charge in [-0.3, -0.25) is 0 Å². The molecule has 0 aromatic carbocycles. The summed E-state index contributed by atoms with van der Waals surface area (Å²) < 4.78 is 11.0. The van der Waals surface area contributed by atoms with Gasteiger partial charge in [0.15, 0.2) is 6.29 Å². The number of hydrogen-bond donors (Lipinski definition) is 1. The summed E-state index contributed by atoms with van der Waals surface area (Å²) in [5.41, 5.74) is 1.89. The minimum absolute atomic E-state index is 0.179. The fraction of sp³-hybridized carbons (Fsp3) is 0.733. The lowest BCUT2D eigenvalue weighted by atomic mass is 10.2. The molecule has 0 aliphatic carbocycles. The molecule has 0 aliphatic rings. The second-order valence-electron chi connectivity index (χ2n) is 4.11. The van der Waals surface area contributed by atoms with E-state index >= 15 is 0 Å². The Morgan fingerprint density at radius 1 is 1.10 bits per heavy atom. The molecule has 0 saturated carbocycles. The minimum atomic E-state index is -0.179. The second-order valence-corrected chi connectivity index (χ2v) is 4.45. The molecule has 5 nitrogen and oxygen atoms in total. The van der Waals surface area contributed by atoms with E-state index in [4.69, 9.17) is 21.1 Å². The first-order valence-corrected chi connectivity index (χ1v) is 7.94. The second kappa shape index (κ2) is 11.7. The van der Waals surface area contributed by atoms with Crippen molar-refractivity contribution in [2.45, 2.75) is 54.3 Å². The van der Waals surface area contributed by atoms with Crippen molar-refractivity contribution in [1.82, 2.24) is 9.97 Å². The van der Waals surface area contributed by atoms with Gasteiger partial charge in [0.25, 0.3) is 0 Å². The largest absolute Gasteiger partial charge is 0.370 e. The van der Waals surface area contributed by atoms with E-state index in [1.54, 1.807) is 0 Å². The molecule has 1 rings (SSSR count). The number of anilines is 1. The van der Waals surface area contributed by atoms with Crippen LogP contribution in [-0.4, -0.2) is 36.0 Å². The van der Waals surface area contributed by atoms with Gasteiger partial charge in [0.1, 0.15) is 5.82 Å². The van der Waals surface area contributed by atoms with Crippen molar-refractivity contribution in [3.8, 4) is 0 Å². The summed E-state index contributed by atoms with van der Waals surface area (Å²) in [7, 11) is 0. The Labute approximate surface area is 133 Å². The van der Waals surface area contributed by atoms with Gasteiger partial charge >= 0.3 is 0 Å². The first-order chi connectivity index (χ1) is 10.1. The first-order valence-electron chi connectivity index (χ1n) is 7.56. The molecule has 122 valence electrons. The van der Waals surface area contributed by atoms with Crippen LogP contribution in [0.5, 0.6) is 0 Å². The smallest absolute Gasteiger partial charge is 0.224 e. The standard InChI is InChI=1S/C13H22ClN3O2.C2H6/c1-5-18-11(19-6-2)7-8-15-12-9(3)10(4)16-13(14)17-12;1-2/h11H,5-8H2,1-4H3,(H,15,16,17);1-2H3. The van der Waals surface area contributed by atoms with Crippen molar-refractivity contribution in [3.63, 3.8) is 0 Å². The van der Waals surface area contributed by atoms with Crippen LogP contribution in [0.25, 0.3) is 0 Å². The van der Waals surface area contributed by atoms with Crippen molar-refractivity contribution in [3.05, 3.63) is 16.5 Å². The Morgan fingerprint density at radius 2 is 1.67 bits per heavy atom. The average molecular weight is 318 g/mol. The van der Waals surface area contributed by atoms with Crippen LogP contribution in [0, 0.1) is 13.8 Å². The number of aromatic nitrogens is 2. The molecule has 6 heteroatoms. The van der Waals surface area contributed by atoms with E-state index < -0.39 is 0 Å². The molecular formula is C15H28ClN3O2. The zero-order valence-electron chi connectivity index (χ0n) is 14.0. The number of ether oxygens (including phenoxy) is 2. The van der Waals surface area contributed by atoms with E-state index in [1.807, 2.05) is 41.5 Å². The lowest BCUT2D eigenvalue weighted by Gasteiger charge is -2.17. The summed E-state index contributed by atoms with van der Waals surface area (Å²) in [5.74, 6) is 0.768. The third-order valence-corrected chi connectivity index (χ3v) is 2.91. The van der Waals surface area contributed by atoms with Crippen LogP contribution in [0.3, 0.4) is 0 Å². The van der Waals surface area contributed by atoms with E-state index in [1.165, 1.54) is 0 Å². The monoisotopic (exact) mass is 317 g/mol. The Morgan fingerprint density at radius 3 is 2.19 bits per heavy atom. The van der Waals surface area contributed by atoms with Crippen LogP contribution in [0.15, 0.2) is 0 Å². The number of hydrogen-bond acceptors (Lipinski definition) is 5. The molecule has 0 radical (unpaired) electrons. The van der Waals surface area contributed by atoms with Crippen LogP contribution in [0.4, 0.5) is 5.82 Å². The molecule has 1 heterocycles. The molecule has 0 bridgehead atoms. The Bertz CT molecular complexity index is 397. The summed E-state index contributed by atoms with van der Waals surface area (Å²) in [5, 5.41) is 3.51. The summed E-state index contributed by atoms with van der Waals surface area (Å²) in [6.45, 7) is 13.8. The minimum Gasteiger partial charge on any atom is -0.370 e. The molecule has 0 saturated heterocycles. The van der Waals surface area contributed by atoms with Crippen molar-refractivity contribution in [2.24, 2.45) is 0 Å². The van der Waals surface area contributed by atoms with E-state index in [2.05, 4.69) is 15.3 Å². The molecule has 1 aromatic heterocycles. The molecule has 0 atom stereocenters. The highest BCUT2D eigenvalue weighted by Gasteiger charge is 2.10. The molecule has 0 spiro atoms. The van der Waals surface area contributed by atoms with Gasteiger partial charge in [-0.2, -0.15) is 0 Å². The van der Waals surface area contributed by atoms with Gasteiger partial charge in [-0.1, -0.05) is 13.8 Å². The van der Waals surface area contributed by atoms with Crippen molar-refractivity contribution < 1.29 is 9.47 Å². The van der Waals surface area contributed by atoms with Gasteiger partial charge < -0.3 is 14.8 Å². The molecule has 0 amide bonds. The van der Waals surface area contributed by atoms with Crippen LogP contribution in [0.2, 0.25) is 5.28 Å². The predicted octanol–water partition coefficient (Wildman–Crippen LogP) is 3.97. The van der Waals surface area contributed by atoms with Crippen molar-refractivity contribution in [1.29, 1.82) is 0 Å². The lowest BCUT2D eigenvalue weighted by molar-refractivity contribution is -0.137. The number of halogens is 1. The number of nitrogens with one attached hydrogen (secondary N) is 1. The van der Waals surface area contributed by atoms with Gasteiger partial charge in [0.2, 0.25) is 5.28 Å². The highest BCUT2D eigenvalue weighted by atomic mass is 35.5. The van der Waals surface area contributed by atoms with E-state index in [-0.39, 0.29) is 11.6 Å². The van der Waals surface area contributed by atoms with Crippen LogP contribution < -0.4 is 5.32 Å². The van der Waals surface area contributed by atoms with Gasteiger partial charge in [-0.15, -0.1) is 0 Å². The molecule has 0 unspecified atom stereocenters. The average Bonchev–Trinajstić information content (AvgIpc) is 2.46. The highest BCUT2D eigenvalue weighted by Crippen LogP contribution is 2.17. The predicted molar refractivity (Wildman–Crippen MR) is 88.0 cm³/mol. The van der Waals surface area contributed by atoms with Gasteiger partial charge in [0.05, 0.1) is 0 Å². The maximum atomic E-state index is 5.85. The van der Waals surface area contributed by atoms with E-state index in [0.717, 1.165) is 23.5 Å². The SMILES string of the molecule is CC.CCOC(CCNc1nc(Cl)nc(C)c1C)OCC. The molecule has 1 N–H and O–H groups in total. The number of rotatable bonds is 8. The van der Waals surface area contributed by atoms with Gasteiger partial charge in [-0.05, 0) is 39.3 Å². The van der Waals surface area contributed by atoms with E-state index in [9.17, 15) is 0 Å². The Balaban J connectivity index is 0.00000191. The summed E-state index contributed by atoms with van der Waals surface area (Å²) in [6, 6.07) is 0. The fourth-order valence-corrected chi connectivity index (χ4v) is 1.87. The Hall–Kier alpha value is -0.910. The van der Waals surface area contributed by atoms with Crippen LogP contribution >= 0.6 is 11.6 Å². The molecule has 0 fully saturated rings. The Kier molecular flexibility index (Phi) is 11.2. The summed E-state index contributed by atoms with van der Waals surface area (Å²) >= 11 is 5.85. The van der Waals surface area contributed by atoms with Crippen LogP contribution in [0.1, 0.15) is 45.4 Å². The zero-order chi connectivity index (χ0) is 16.3. The van der Waals surface area contributed by atoms with Crippen molar-refractivity contribution >= 4 is 17.4 Å². The summed E-state index contributed by atoms with van der Waals surface area (Å²) in [6.07, 6.45) is 0.572. The third-order valence-electron chi connectivity index (χ3n) is 2.74. The van der Waals surface area contributed by atoms with Crippen LogP contribution in [-0.2, 0) is 9.47 Å². The van der Waals surface area contributed by atoms with Gasteiger partial charge in [0, 0.05) is 37.4 Å². The maximum Gasteiger partial charge on any atom is 0.224 e. The third kappa shape index (κ3) is 7.60. The van der Waals surface area contributed by atoms with Gasteiger partial charge in [-0.25, -0.2) is 9.97 Å². The van der Waals surface area contributed by atoms with Crippen molar-refractivity contribution in [2.75, 3.05) is 25.1 Å².